The Balaban J connectivity index is 1.48. The van der Waals surface area contributed by atoms with E-state index in [9.17, 15) is 9.59 Å². The van der Waals surface area contributed by atoms with Crippen molar-refractivity contribution in [3.8, 4) is 0 Å². The summed E-state index contributed by atoms with van der Waals surface area (Å²) in [4.78, 5) is 26.6. The molecule has 0 atom stereocenters. The Morgan fingerprint density at radius 2 is 1.82 bits per heavy atom. The molecular formula is C16H23N3O3. The van der Waals surface area contributed by atoms with Crippen molar-refractivity contribution in [2.24, 2.45) is 11.8 Å². The summed E-state index contributed by atoms with van der Waals surface area (Å²) in [5.41, 5.74) is 0. The average molecular weight is 305 g/mol. The lowest BCUT2D eigenvalue weighted by Crippen LogP contribution is -2.37. The molecule has 1 aliphatic carbocycles. The molecule has 0 radical (unpaired) electrons. The van der Waals surface area contributed by atoms with Crippen LogP contribution in [0.1, 0.15) is 44.3 Å². The van der Waals surface area contributed by atoms with E-state index in [2.05, 4.69) is 10.5 Å². The van der Waals surface area contributed by atoms with Crippen molar-refractivity contribution in [1.82, 2.24) is 10.1 Å². The van der Waals surface area contributed by atoms with Crippen LogP contribution in [-0.2, 0) is 9.59 Å². The maximum absolute atomic E-state index is 12.4. The molecule has 0 bridgehead atoms. The van der Waals surface area contributed by atoms with E-state index in [0.29, 0.717) is 17.5 Å². The van der Waals surface area contributed by atoms with Crippen LogP contribution in [0.25, 0.3) is 0 Å². The smallest absolute Gasteiger partial charge is 0.228 e. The van der Waals surface area contributed by atoms with Crippen molar-refractivity contribution in [1.29, 1.82) is 0 Å². The van der Waals surface area contributed by atoms with Gasteiger partial charge in [0.15, 0.2) is 5.82 Å². The summed E-state index contributed by atoms with van der Waals surface area (Å²) in [7, 11) is 0. The molecule has 1 N–H and O–H groups in total. The fourth-order valence-corrected chi connectivity index (χ4v) is 3.45. The molecule has 120 valence electrons. The van der Waals surface area contributed by atoms with E-state index in [1.54, 1.807) is 13.0 Å². The first-order chi connectivity index (χ1) is 10.6. The molecule has 0 unspecified atom stereocenters. The van der Waals surface area contributed by atoms with Crippen LogP contribution in [0.4, 0.5) is 5.82 Å². The number of carbonyl (C=O) groups is 2. The molecule has 1 saturated carbocycles. The van der Waals surface area contributed by atoms with Crippen LogP contribution in [0.3, 0.4) is 0 Å². The van der Waals surface area contributed by atoms with Gasteiger partial charge in [-0.25, -0.2) is 0 Å². The van der Waals surface area contributed by atoms with E-state index < -0.39 is 0 Å². The van der Waals surface area contributed by atoms with Gasteiger partial charge in [-0.2, -0.15) is 0 Å². The summed E-state index contributed by atoms with van der Waals surface area (Å²) >= 11 is 0. The van der Waals surface area contributed by atoms with Gasteiger partial charge in [-0.15, -0.1) is 0 Å². The van der Waals surface area contributed by atoms with E-state index in [4.69, 9.17) is 4.52 Å². The molecule has 1 saturated heterocycles. The summed E-state index contributed by atoms with van der Waals surface area (Å²) in [5.74, 6) is 1.51. The molecule has 22 heavy (non-hydrogen) atoms. The second kappa shape index (κ2) is 6.50. The van der Waals surface area contributed by atoms with E-state index in [1.807, 2.05) is 4.90 Å². The number of aryl methyl sites for hydroxylation is 1. The maximum atomic E-state index is 12.4. The largest absolute Gasteiger partial charge is 0.360 e. The summed E-state index contributed by atoms with van der Waals surface area (Å²) in [6.45, 7) is 3.60. The molecule has 1 aromatic rings. The van der Waals surface area contributed by atoms with E-state index in [0.717, 1.165) is 51.6 Å². The topological polar surface area (TPSA) is 75.4 Å². The van der Waals surface area contributed by atoms with Crippen molar-refractivity contribution in [3.63, 3.8) is 0 Å². The zero-order valence-corrected chi connectivity index (χ0v) is 13.0. The Kier molecular flexibility index (Phi) is 4.45. The van der Waals surface area contributed by atoms with Gasteiger partial charge in [0.2, 0.25) is 11.8 Å². The lowest BCUT2D eigenvalue weighted by Gasteiger charge is -2.29. The van der Waals surface area contributed by atoms with Gasteiger partial charge in [0.1, 0.15) is 5.76 Å². The van der Waals surface area contributed by atoms with Crippen LogP contribution in [-0.4, -0.2) is 35.0 Å². The zero-order valence-electron chi connectivity index (χ0n) is 13.0. The van der Waals surface area contributed by atoms with Gasteiger partial charge < -0.3 is 14.7 Å². The first kappa shape index (κ1) is 15.1. The van der Waals surface area contributed by atoms with E-state index in [-0.39, 0.29) is 17.7 Å². The monoisotopic (exact) mass is 305 g/mol. The first-order valence-electron chi connectivity index (χ1n) is 8.16. The molecule has 0 aromatic carbocycles. The number of likely N-dealkylation sites (tertiary alicyclic amines) is 1. The van der Waals surface area contributed by atoms with Crippen molar-refractivity contribution in [2.45, 2.75) is 45.4 Å². The molecule has 2 aliphatic rings. The number of aromatic nitrogens is 1. The van der Waals surface area contributed by atoms with Crippen LogP contribution in [0.15, 0.2) is 10.6 Å². The second-order valence-electron chi connectivity index (χ2n) is 6.39. The van der Waals surface area contributed by atoms with Crippen molar-refractivity contribution >= 4 is 17.6 Å². The van der Waals surface area contributed by atoms with Crippen LogP contribution in [0.5, 0.6) is 0 Å². The normalized spacial score (nSPS) is 25.2. The fourth-order valence-electron chi connectivity index (χ4n) is 3.45. The van der Waals surface area contributed by atoms with Gasteiger partial charge >= 0.3 is 0 Å². The highest BCUT2D eigenvalue weighted by molar-refractivity contribution is 5.91. The lowest BCUT2D eigenvalue weighted by molar-refractivity contribution is -0.136. The lowest BCUT2D eigenvalue weighted by atomic mass is 9.81. The third-order valence-electron chi connectivity index (χ3n) is 4.74. The maximum Gasteiger partial charge on any atom is 0.228 e. The summed E-state index contributed by atoms with van der Waals surface area (Å²) in [6, 6.07) is 1.71. The number of hydrogen-bond acceptors (Lipinski definition) is 4. The Morgan fingerprint density at radius 3 is 2.41 bits per heavy atom. The molecule has 6 nitrogen and oxygen atoms in total. The molecule has 2 heterocycles. The molecule has 2 amide bonds. The predicted octanol–water partition coefficient (Wildman–Crippen LogP) is 2.35. The van der Waals surface area contributed by atoms with Gasteiger partial charge in [-0.3, -0.25) is 9.59 Å². The molecule has 6 heteroatoms. The molecule has 0 spiro atoms. The van der Waals surface area contributed by atoms with Gasteiger partial charge in [0, 0.05) is 31.0 Å². The Bertz CT molecular complexity index is 541. The minimum Gasteiger partial charge on any atom is -0.360 e. The molecule has 1 aromatic heterocycles. The highest BCUT2D eigenvalue weighted by Gasteiger charge is 2.33. The minimum absolute atomic E-state index is 0.0135. The standard InChI is InChI=1S/C16H23N3O3/c1-11-10-14(18-22-11)17-15(20)12-4-6-13(7-5-12)16(21)19-8-2-3-9-19/h10,12-13H,2-9H2,1H3,(H,17,18,20). The van der Waals surface area contributed by atoms with Crippen LogP contribution in [0.2, 0.25) is 0 Å². The Morgan fingerprint density at radius 1 is 1.18 bits per heavy atom. The van der Waals surface area contributed by atoms with Gasteiger partial charge in [0.25, 0.3) is 0 Å². The Labute approximate surface area is 130 Å². The van der Waals surface area contributed by atoms with Gasteiger partial charge in [-0.05, 0) is 45.4 Å². The third kappa shape index (κ3) is 3.31. The molecule has 3 rings (SSSR count). The van der Waals surface area contributed by atoms with Crippen LogP contribution < -0.4 is 5.32 Å². The highest BCUT2D eigenvalue weighted by Crippen LogP contribution is 2.31. The highest BCUT2D eigenvalue weighted by atomic mass is 16.5. The number of nitrogens with one attached hydrogen (secondary N) is 1. The van der Waals surface area contributed by atoms with E-state index >= 15 is 0 Å². The average Bonchev–Trinajstić information content (AvgIpc) is 3.18. The first-order valence-corrected chi connectivity index (χ1v) is 8.16. The van der Waals surface area contributed by atoms with Crippen molar-refractivity contribution in [3.05, 3.63) is 11.8 Å². The van der Waals surface area contributed by atoms with Gasteiger partial charge in [-0.1, -0.05) is 5.16 Å². The SMILES string of the molecule is Cc1cc(NC(=O)C2CCC(C(=O)N3CCCC3)CC2)no1. The summed E-state index contributed by atoms with van der Waals surface area (Å²) < 4.78 is 4.94. The number of carbonyl (C=O) groups excluding carboxylic acids is 2. The van der Waals surface area contributed by atoms with E-state index in [1.165, 1.54) is 0 Å². The van der Waals surface area contributed by atoms with Crippen LogP contribution >= 0.6 is 0 Å². The summed E-state index contributed by atoms with van der Waals surface area (Å²) in [6.07, 6.45) is 5.41. The molecular weight excluding hydrogens is 282 g/mol. The molecule has 1 aliphatic heterocycles. The fraction of sp³-hybridized carbons (Fsp3) is 0.688. The van der Waals surface area contributed by atoms with Crippen molar-refractivity contribution in [2.75, 3.05) is 18.4 Å². The van der Waals surface area contributed by atoms with Crippen molar-refractivity contribution < 1.29 is 14.1 Å². The third-order valence-corrected chi connectivity index (χ3v) is 4.74. The van der Waals surface area contributed by atoms with Gasteiger partial charge in [0.05, 0.1) is 0 Å². The molecule has 2 fully saturated rings. The minimum atomic E-state index is -0.0281. The predicted molar refractivity (Wildman–Crippen MR) is 81.1 cm³/mol. The van der Waals surface area contributed by atoms with Crippen LogP contribution in [0, 0.1) is 18.8 Å². The number of anilines is 1. The number of hydrogen-bond donors (Lipinski definition) is 1. The quantitative estimate of drug-likeness (QED) is 0.930. The number of rotatable bonds is 3. The number of amides is 2. The zero-order chi connectivity index (χ0) is 15.5. The summed E-state index contributed by atoms with van der Waals surface area (Å²) in [5, 5.41) is 6.57. The Hall–Kier alpha value is -1.85. The second-order valence-corrected chi connectivity index (χ2v) is 6.39. The number of nitrogens with zero attached hydrogens (tertiary/aromatic N) is 2.